The number of guanidine groups is 1. The molecule has 0 bridgehead atoms. The van der Waals surface area contributed by atoms with Gasteiger partial charge in [0.2, 0.25) is 5.91 Å². The van der Waals surface area contributed by atoms with E-state index >= 15 is 0 Å². The van der Waals surface area contributed by atoms with Crippen LogP contribution in [0.15, 0.2) is 4.99 Å². The van der Waals surface area contributed by atoms with Gasteiger partial charge in [-0.2, -0.15) is 0 Å². The lowest BCUT2D eigenvalue weighted by molar-refractivity contribution is -0.119. The second-order valence-electron chi connectivity index (χ2n) is 9.47. The summed E-state index contributed by atoms with van der Waals surface area (Å²) in [6.07, 6.45) is 5.52. The Morgan fingerprint density at radius 3 is 2.88 bits per heavy atom. The van der Waals surface area contributed by atoms with Crippen LogP contribution in [0.5, 0.6) is 0 Å². The molecule has 6 heteroatoms. The van der Waals surface area contributed by atoms with Crippen molar-refractivity contribution in [3.8, 4) is 0 Å². The van der Waals surface area contributed by atoms with E-state index in [1.165, 1.54) is 6.42 Å². The average molecular weight is 365 g/mol. The van der Waals surface area contributed by atoms with Crippen LogP contribution in [0.2, 0.25) is 0 Å². The van der Waals surface area contributed by atoms with Crippen molar-refractivity contribution in [2.45, 2.75) is 59.0 Å². The average Bonchev–Trinajstić information content (AvgIpc) is 2.95. The Kier molecular flexibility index (Phi) is 5.80. The number of likely N-dealkylation sites (tertiary alicyclic amines) is 1. The first-order valence-electron chi connectivity index (χ1n) is 10.2. The molecule has 0 saturated carbocycles. The van der Waals surface area contributed by atoms with Crippen LogP contribution >= 0.6 is 0 Å². The molecule has 0 radical (unpaired) electrons. The first-order chi connectivity index (χ1) is 12.3. The Balaban J connectivity index is 1.60. The maximum absolute atomic E-state index is 11.7. The molecule has 26 heavy (non-hydrogen) atoms. The molecule has 0 aromatic carbocycles. The first-order valence-corrected chi connectivity index (χ1v) is 10.2. The van der Waals surface area contributed by atoms with Gasteiger partial charge in [0, 0.05) is 57.6 Å². The number of carbonyl (C=O) groups excluding carboxylic acids is 1. The number of hydrogen-bond acceptors (Lipinski definition) is 3. The molecular formula is C20H36N4O2. The molecule has 3 aliphatic rings. The molecule has 6 nitrogen and oxygen atoms in total. The standard InChI is InChI=1S/C20H36N4O2/c1-19(2,3)17-15(7-5-10-26-17)12-22-18(21-4)24-9-6-8-20(14-24)11-16(25)23-13-20/h15,17H,5-14H2,1-4H3,(H,21,22)(H,23,25). The van der Waals surface area contributed by atoms with Gasteiger partial charge in [-0.1, -0.05) is 20.8 Å². The Morgan fingerprint density at radius 1 is 1.42 bits per heavy atom. The minimum absolute atomic E-state index is 0.0921. The minimum Gasteiger partial charge on any atom is -0.377 e. The molecule has 3 saturated heterocycles. The molecule has 1 spiro atoms. The lowest BCUT2D eigenvalue weighted by Gasteiger charge is -2.43. The summed E-state index contributed by atoms with van der Waals surface area (Å²) < 4.78 is 6.12. The van der Waals surface area contributed by atoms with E-state index in [0.717, 1.165) is 58.0 Å². The number of carbonyl (C=O) groups is 1. The van der Waals surface area contributed by atoms with Gasteiger partial charge in [0.25, 0.3) is 0 Å². The number of nitrogens with one attached hydrogen (secondary N) is 2. The second kappa shape index (κ2) is 7.75. The summed E-state index contributed by atoms with van der Waals surface area (Å²) in [6.45, 7) is 11.3. The third-order valence-electron chi connectivity index (χ3n) is 6.19. The van der Waals surface area contributed by atoms with Crippen LogP contribution in [-0.2, 0) is 9.53 Å². The van der Waals surface area contributed by atoms with Gasteiger partial charge in [0.15, 0.2) is 5.96 Å². The molecule has 3 rings (SSSR count). The SMILES string of the molecule is CN=C(NCC1CCCOC1C(C)(C)C)N1CCCC2(CNC(=O)C2)C1. The molecule has 148 valence electrons. The number of hydrogen-bond donors (Lipinski definition) is 2. The van der Waals surface area contributed by atoms with E-state index in [-0.39, 0.29) is 22.8 Å². The number of ether oxygens (including phenoxy) is 1. The highest BCUT2D eigenvalue weighted by atomic mass is 16.5. The summed E-state index contributed by atoms with van der Waals surface area (Å²) >= 11 is 0. The third kappa shape index (κ3) is 4.33. The molecule has 3 aliphatic heterocycles. The predicted octanol–water partition coefficient (Wildman–Crippen LogP) is 2.01. The van der Waals surface area contributed by atoms with Gasteiger partial charge in [0.1, 0.15) is 0 Å². The topological polar surface area (TPSA) is 66.0 Å². The van der Waals surface area contributed by atoms with Gasteiger partial charge in [-0.05, 0) is 31.1 Å². The van der Waals surface area contributed by atoms with Crippen molar-refractivity contribution >= 4 is 11.9 Å². The number of piperidine rings is 1. The van der Waals surface area contributed by atoms with Crippen LogP contribution in [-0.4, -0.2) is 62.7 Å². The van der Waals surface area contributed by atoms with E-state index in [0.29, 0.717) is 12.3 Å². The van der Waals surface area contributed by atoms with Gasteiger partial charge in [0.05, 0.1) is 6.10 Å². The van der Waals surface area contributed by atoms with Gasteiger partial charge >= 0.3 is 0 Å². The van der Waals surface area contributed by atoms with Crippen molar-refractivity contribution in [1.82, 2.24) is 15.5 Å². The molecule has 0 aliphatic carbocycles. The summed E-state index contributed by atoms with van der Waals surface area (Å²) in [4.78, 5) is 18.6. The van der Waals surface area contributed by atoms with Gasteiger partial charge < -0.3 is 20.3 Å². The zero-order valence-electron chi connectivity index (χ0n) is 16.9. The molecule has 2 N–H and O–H groups in total. The fourth-order valence-corrected chi connectivity index (χ4v) is 4.99. The first kappa shape index (κ1) is 19.5. The lowest BCUT2D eigenvalue weighted by atomic mass is 9.78. The summed E-state index contributed by atoms with van der Waals surface area (Å²) in [5, 5.41) is 6.64. The smallest absolute Gasteiger partial charge is 0.220 e. The monoisotopic (exact) mass is 364 g/mol. The Morgan fingerprint density at radius 2 is 2.23 bits per heavy atom. The lowest BCUT2D eigenvalue weighted by Crippen LogP contribution is -2.53. The van der Waals surface area contributed by atoms with Gasteiger partial charge in [-0.25, -0.2) is 0 Å². The fraction of sp³-hybridized carbons (Fsp3) is 0.900. The van der Waals surface area contributed by atoms with E-state index in [4.69, 9.17) is 4.74 Å². The maximum atomic E-state index is 11.7. The molecular weight excluding hydrogens is 328 g/mol. The highest BCUT2D eigenvalue weighted by Crippen LogP contribution is 2.36. The van der Waals surface area contributed by atoms with Gasteiger partial charge in [-0.15, -0.1) is 0 Å². The number of amides is 1. The van der Waals surface area contributed by atoms with E-state index < -0.39 is 0 Å². The number of aliphatic imine (C=N–C) groups is 1. The Bertz CT molecular complexity index is 542. The maximum Gasteiger partial charge on any atom is 0.220 e. The second-order valence-corrected chi connectivity index (χ2v) is 9.47. The van der Waals surface area contributed by atoms with E-state index in [1.807, 2.05) is 7.05 Å². The van der Waals surface area contributed by atoms with Crippen molar-refractivity contribution in [3.05, 3.63) is 0 Å². The molecule has 3 fully saturated rings. The van der Waals surface area contributed by atoms with Crippen LogP contribution in [0, 0.1) is 16.7 Å². The number of rotatable bonds is 2. The Hall–Kier alpha value is -1.30. The largest absolute Gasteiger partial charge is 0.377 e. The summed E-state index contributed by atoms with van der Waals surface area (Å²) in [5.74, 6) is 1.68. The summed E-state index contributed by atoms with van der Waals surface area (Å²) in [5.41, 5.74) is 0.246. The van der Waals surface area contributed by atoms with E-state index in [2.05, 4.69) is 41.3 Å². The van der Waals surface area contributed by atoms with Crippen LogP contribution in [0.3, 0.4) is 0 Å². The quantitative estimate of drug-likeness (QED) is 0.581. The molecule has 0 aromatic heterocycles. The highest BCUT2D eigenvalue weighted by molar-refractivity contribution is 5.81. The summed E-state index contributed by atoms with van der Waals surface area (Å²) in [6, 6.07) is 0. The molecule has 0 aromatic rings. The van der Waals surface area contributed by atoms with E-state index in [1.54, 1.807) is 0 Å². The molecule has 3 atom stereocenters. The van der Waals surface area contributed by atoms with Crippen molar-refractivity contribution < 1.29 is 9.53 Å². The predicted molar refractivity (Wildman–Crippen MR) is 104 cm³/mol. The van der Waals surface area contributed by atoms with E-state index in [9.17, 15) is 4.79 Å². The zero-order chi connectivity index (χ0) is 18.8. The highest BCUT2D eigenvalue weighted by Gasteiger charge is 2.42. The van der Waals surface area contributed by atoms with Crippen molar-refractivity contribution in [2.75, 3.05) is 39.8 Å². The van der Waals surface area contributed by atoms with Gasteiger partial charge in [-0.3, -0.25) is 9.79 Å². The third-order valence-corrected chi connectivity index (χ3v) is 6.19. The molecule has 1 amide bonds. The number of nitrogens with zero attached hydrogens (tertiary/aromatic N) is 2. The van der Waals surface area contributed by atoms with Crippen LogP contribution in [0.25, 0.3) is 0 Å². The molecule has 3 heterocycles. The normalized spacial score (nSPS) is 33.5. The van der Waals surface area contributed by atoms with Crippen LogP contribution in [0.4, 0.5) is 0 Å². The zero-order valence-corrected chi connectivity index (χ0v) is 16.9. The van der Waals surface area contributed by atoms with Crippen molar-refractivity contribution in [1.29, 1.82) is 0 Å². The van der Waals surface area contributed by atoms with Crippen LogP contribution < -0.4 is 10.6 Å². The minimum atomic E-state index is 0.0921. The fourth-order valence-electron chi connectivity index (χ4n) is 4.99. The summed E-state index contributed by atoms with van der Waals surface area (Å²) in [7, 11) is 1.86. The van der Waals surface area contributed by atoms with Crippen molar-refractivity contribution in [2.24, 2.45) is 21.7 Å². The van der Waals surface area contributed by atoms with Crippen molar-refractivity contribution in [3.63, 3.8) is 0 Å². The molecule has 3 unspecified atom stereocenters. The van der Waals surface area contributed by atoms with Crippen LogP contribution in [0.1, 0.15) is 52.9 Å². The Labute approximate surface area is 158 Å².